The number of fused-ring (bicyclic) bond motifs is 1. The molecule has 2 aromatic carbocycles. The SMILES string of the molecule is Cc1ccc2c(NC(=O)C3CC3)cccc2c1Oc1nnccc1-c1ccnc(NC2CCCNC2)n1.Cl. The molecular formula is C28H30ClN7O2. The molecule has 1 aliphatic carbocycles. The van der Waals surface area contributed by atoms with Gasteiger partial charge in [-0.3, -0.25) is 4.79 Å². The number of halogens is 1. The summed E-state index contributed by atoms with van der Waals surface area (Å²) in [5.74, 6) is 1.80. The van der Waals surface area contributed by atoms with Crippen molar-refractivity contribution >= 4 is 40.7 Å². The fraction of sp³-hybridized carbons (Fsp3) is 0.321. The van der Waals surface area contributed by atoms with Crippen LogP contribution in [-0.2, 0) is 4.79 Å². The Balaban J connectivity index is 0.00000294. The van der Waals surface area contributed by atoms with Gasteiger partial charge >= 0.3 is 0 Å². The number of hydrogen-bond acceptors (Lipinski definition) is 8. The molecule has 0 radical (unpaired) electrons. The van der Waals surface area contributed by atoms with Crippen LogP contribution in [0.5, 0.6) is 11.6 Å². The number of benzene rings is 2. The molecule has 1 atom stereocenters. The Morgan fingerprint density at radius 1 is 1.05 bits per heavy atom. The van der Waals surface area contributed by atoms with Crippen LogP contribution in [0.15, 0.2) is 54.9 Å². The van der Waals surface area contributed by atoms with Gasteiger partial charge in [0.15, 0.2) is 0 Å². The number of aromatic nitrogens is 4. The quantitative estimate of drug-likeness (QED) is 0.301. The Kier molecular flexibility index (Phi) is 7.67. The monoisotopic (exact) mass is 531 g/mol. The second-order valence-electron chi connectivity index (χ2n) is 9.68. The van der Waals surface area contributed by atoms with Crippen molar-refractivity contribution < 1.29 is 9.53 Å². The number of nitrogens with one attached hydrogen (secondary N) is 3. The van der Waals surface area contributed by atoms with Gasteiger partial charge < -0.3 is 20.7 Å². The number of piperidine rings is 1. The lowest BCUT2D eigenvalue weighted by atomic mass is 10.0. The number of aryl methyl sites for hydroxylation is 1. The Morgan fingerprint density at radius 2 is 1.95 bits per heavy atom. The first-order valence-corrected chi connectivity index (χ1v) is 12.8. The van der Waals surface area contributed by atoms with Gasteiger partial charge in [-0.15, -0.1) is 17.5 Å². The fourth-order valence-corrected chi connectivity index (χ4v) is 4.69. The molecule has 2 fully saturated rings. The third kappa shape index (κ3) is 5.54. The molecule has 9 nitrogen and oxygen atoms in total. The summed E-state index contributed by atoms with van der Waals surface area (Å²) in [6.45, 7) is 3.93. The van der Waals surface area contributed by atoms with Crippen LogP contribution in [-0.4, -0.2) is 45.2 Å². The van der Waals surface area contributed by atoms with Gasteiger partial charge in [-0.05, 0) is 62.9 Å². The third-order valence-corrected chi connectivity index (χ3v) is 6.86. The molecule has 4 aromatic rings. The van der Waals surface area contributed by atoms with Crippen LogP contribution in [0.25, 0.3) is 22.0 Å². The molecule has 2 aliphatic rings. The lowest BCUT2D eigenvalue weighted by molar-refractivity contribution is -0.117. The van der Waals surface area contributed by atoms with Crippen molar-refractivity contribution in [2.45, 2.75) is 38.6 Å². The zero-order valence-corrected chi connectivity index (χ0v) is 21.9. The molecule has 1 saturated carbocycles. The highest BCUT2D eigenvalue weighted by Gasteiger charge is 2.30. The lowest BCUT2D eigenvalue weighted by Crippen LogP contribution is -2.38. The standard InChI is InChI=1S/C28H29N7O2.ClH/c1-17-7-10-20-21(5-2-6-23(20)33-26(36)18-8-9-18)25(17)37-27-22(11-15-31-35-27)24-12-14-30-28(34-24)32-19-4-3-13-29-16-19;/h2,5-7,10-12,14-15,18-19,29H,3-4,8-9,13,16H2,1H3,(H,33,36)(H,30,32,34);1H. The number of rotatable bonds is 7. The number of carbonyl (C=O) groups is 1. The van der Waals surface area contributed by atoms with Crippen LogP contribution in [0.4, 0.5) is 11.6 Å². The topological polar surface area (TPSA) is 114 Å². The van der Waals surface area contributed by atoms with E-state index in [4.69, 9.17) is 9.72 Å². The number of ether oxygens (including phenoxy) is 1. The molecular weight excluding hydrogens is 502 g/mol. The third-order valence-electron chi connectivity index (χ3n) is 6.86. The second-order valence-corrected chi connectivity index (χ2v) is 9.68. The van der Waals surface area contributed by atoms with Crippen LogP contribution in [0, 0.1) is 12.8 Å². The zero-order chi connectivity index (χ0) is 25.2. The van der Waals surface area contributed by atoms with Crippen LogP contribution in [0.1, 0.15) is 31.2 Å². The number of carbonyl (C=O) groups excluding carboxylic acids is 1. The van der Waals surface area contributed by atoms with E-state index in [1.165, 1.54) is 0 Å². The van der Waals surface area contributed by atoms with Crippen molar-refractivity contribution in [1.29, 1.82) is 0 Å². The summed E-state index contributed by atoms with van der Waals surface area (Å²) < 4.78 is 6.44. The van der Waals surface area contributed by atoms with Gasteiger partial charge in [-0.25, -0.2) is 9.97 Å². The summed E-state index contributed by atoms with van der Waals surface area (Å²) in [6, 6.07) is 13.8. The largest absolute Gasteiger partial charge is 0.436 e. The molecule has 1 amide bonds. The van der Waals surface area contributed by atoms with E-state index in [9.17, 15) is 4.79 Å². The average molecular weight is 532 g/mol. The minimum atomic E-state index is 0. The van der Waals surface area contributed by atoms with Gasteiger partial charge in [-0.1, -0.05) is 24.3 Å². The summed E-state index contributed by atoms with van der Waals surface area (Å²) >= 11 is 0. The van der Waals surface area contributed by atoms with Crippen molar-refractivity contribution in [2.75, 3.05) is 23.7 Å². The smallest absolute Gasteiger partial charge is 0.248 e. The molecule has 38 heavy (non-hydrogen) atoms. The van der Waals surface area contributed by atoms with E-state index in [-0.39, 0.29) is 24.2 Å². The van der Waals surface area contributed by atoms with E-state index in [0.29, 0.717) is 29.3 Å². The maximum Gasteiger partial charge on any atom is 0.248 e. The first-order valence-electron chi connectivity index (χ1n) is 12.8. The molecule has 196 valence electrons. The Bertz CT molecular complexity index is 1450. The van der Waals surface area contributed by atoms with Crippen molar-refractivity contribution in [3.8, 4) is 22.9 Å². The van der Waals surface area contributed by atoms with Crippen LogP contribution < -0.4 is 20.7 Å². The van der Waals surface area contributed by atoms with Gasteiger partial charge in [-0.2, -0.15) is 5.10 Å². The number of amides is 1. The summed E-state index contributed by atoms with van der Waals surface area (Å²) in [5, 5.41) is 20.1. The van der Waals surface area contributed by atoms with Crippen molar-refractivity contribution in [1.82, 2.24) is 25.5 Å². The fourth-order valence-electron chi connectivity index (χ4n) is 4.69. The van der Waals surface area contributed by atoms with Gasteiger partial charge in [0.2, 0.25) is 17.7 Å². The normalized spacial score (nSPS) is 16.9. The molecule has 1 aliphatic heterocycles. The van der Waals surface area contributed by atoms with Crippen molar-refractivity contribution in [2.24, 2.45) is 5.92 Å². The molecule has 3 heterocycles. The highest BCUT2D eigenvalue weighted by molar-refractivity contribution is 6.05. The summed E-state index contributed by atoms with van der Waals surface area (Å²) in [5.41, 5.74) is 3.14. The minimum absolute atomic E-state index is 0. The number of hydrogen-bond donors (Lipinski definition) is 3. The lowest BCUT2D eigenvalue weighted by Gasteiger charge is -2.23. The average Bonchev–Trinajstić information content (AvgIpc) is 3.77. The van der Waals surface area contributed by atoms with Gasteiger partial charge in [0.05, 0.1) is 17.5 Å². The summed E-state index contributed by atoms with van der Waals surface area (Å²) in [6.07, 6.45) is 7.48. The molecule has 3 N–H and O–H groups in total. The van der Waals surface area contributed by atoms with Crippen molar-refractivity contribution in [3.05, 3.63) is 60.4 Å². The van der Waals surface area contributed by atoms with Gasteiger partial charge in [0, 0.05) is 41.2 Å². The summed E-state index contributed by atoms with van der Waals surface area (Å²) in [7, 11) is 0. The highest BCUT2D eigenvalue weighted by atomic mass is 35.5. The van der Waals surface area contributed by atoms with E-state index >= 15 is 0 Å². The van der Waals surface area contributed by atoms with Gasteiger partial charge in [0.25, 0.3) is 0 Å². The first kappa shape index (κ1) is 25.8. The Labute approximate surface area is 227 Å². The van der Waals surface area contributed by atoms with Gasteiger partial charge in [0.1, 0.15) is 5.75 Å². The van der Waals surface area contributed by atoms with E-state index in [1.54, 1.807) is 12.4 Å². The molecule has 1 saturated heterocycles. The van der Waals surface area contributed by atoms with Crippen molar-refractivity contribution in [3.63, 3.8) is 0 Å². The molecule has 0 spiro atoms. The molecule has 10 heteroatoms. The first-order chi connectivity index (χ1) is 18.2. The number of anilines is 2. The van der Waals surface area contributed by atoms with E-state index in [2.05, 4.69) is 31.1 Å². The molecule has 6 rings (SSSR count). The van der Waals surface area contributed by atoms with Crippen LogP contribution in [0.2, 0.25) is 0 Å². The predicted molar refractivity (Wildman–Crippen MR) is 150 cm³/mol. The Morgan fingerprint density at radius 3 is 2.76 bits per heavy atom. The molecule has 0 bridgehead atoms. The second kappa shape index (κ2) is 11.3. The minimum Gasteiger partial charge on any atom is -0.436 e. The Hall–Kier alpha value is -3.82. The maximum atomic E-state index is 12.4. The molecule has 1 unspecified atom stereocenters. The van der Waals surface area contributed by atoms with Crippen LogP contribution in [0.3, 0.4) is 0 Å². The van der Waals surface area contributed by atoms with Crippen LogP contribution >= 0.6 is 12.4 Å². The van der Waals surface area contributed by atoms with E-state index in [0.717, 1.165) is 66.4 Å². The summed E-state index contributed by atoms with van der Waals surface area (Å²) in [4.78, 5) is 21.6. The zero-order valence-electron chi connectivity index (χ0n) is 21.1. The van der Waals surface area contributed by atoms with E-state index < -0.39 is 0 Å². The molecule has 2 aromatic heterocycles. The predicted octanol–water partition coefficient (Wildman–Crippen LogP) is 5.12. The highest BCUT2D eigenvalue weighted by Crippen LogP contribution is 2.39. The number of nitrogens with zero attached hydrogens (tertiary/aromatic N) is 4. The van der Waals surface area contributed by atoms with E-state index in [1.807, 2.05) is 49.4 Å². The maximum absolute atomic E-state index is 12.4.